The predicted molar refractivity (Wildman–Crippen MR) is 117 cm³/mol. The van der Waals surface area contributed by atoms with Crippen LogP contribution in [0, 0.1) is 5.82 Å². The molecule has 3 aromatic rings. The lowest BCUT2D eigenvalue weighted by molar-refractivity contribution is 0.114. The van der Waals surface area contributed by atoms with E-state index in [0.29, 0.717) is 56.4 Å². The summed E-state index contributed by atoms with van der Waals surface area (Å²) in [5.41, 5.74) is 1.39. The van der Waals surface area contributed by atoms with Crippen LogP contribution >= 0.6 is 0 Å². The Morgan fingerprint density at radius 2 is 1.88 bits per heavy atom. The summed E-state index contributed by atoms with van der Waals surface area (Å²) in [6, 6.07) is 15.7. The summed E-state index contributed by atoms with van der Waals surface area (Å²) in [7, 11) is 1.67. The second-order valence-corrected chi connectivity index (χ2v) is 8.08. The maximum absolute atomic E-state index is 13.2. The van der Waals surface area contributed by atoms with Gasteiger partial charge in [-0.25, -0.2) is 9.18 Å². The van der Waals surface area contributed by atoms with Crippen molar-refractivity contribution < 1.29 is 18.4 Å². The molecule has 1 aliphatic rings. The van der Waals surface area contributed by atoms with Crippen LogP contribution < -0.4 is 5.32 Å². The molecule has 4 rings (SSSR count). The van der Waals surface area contributed by atoms with Crippen LogP contribution in [0.3, 0.4) is 0 Å². The molecule has 1 fully saturated rings. The van der Waals surface area contributed by atoms with E-state index in [2.05, 4.69) is 15.5 Å². The zero-order valence-corrected chi connectivity index (χ0v) is 18.1. The number of rotatable bonds is 7. The molecule has 2 aromatic carbocycles. The molecule has 1 aliphatic heterocycles. The predicted octanol–water partition coefficient (Wildman–Crippen LogP) is 4.16. The Hall–Kier alpha value is -3.26. The van der Waals surface area contributed by atoms with Crippen molar-refractivity contribution in [2.24, 2.45) is 0 Å². The van der Waals surface area contributed by atoms with E-state index in [1.165, 1.54) is 12.1 Å². The lowest BCUT2D eigenvalue weighted by Crippen LogP contribution is -2.49. The van der Waals surface area contributed by atoms with Gasteiger partial charge in [-0.15, -0.1) is 0 Å². The molecule has 0 atom stereocenters. The third-order valence-corrected chi connectivity index (χ3v) is 6.07. The lowest BCUT2D eigenvalue weighted by atomic mass is 9.75. The van der Waals surface area contributed by atoms with E-state index < -0.39 is 0 Å². The van der Waals surface area contributed by atoms with E-state index in [1.54, 1.807) is 19.2 Å². The molecule has 168 valence electrons. The van der Waals surface area contributed by atoms with Gasteiger partial charge in [0.05, 0.1) is 0 Å². The number of nitrogens with one attached hydrogen (secondary N) is 1. The van der Waals surface area contributed by atoms with Gasteiger partial charge in [0.2, 0.25) is 0 Å². The number of carbonyl (C=O) groups excluding carboxylic acids is 1. The number of ether oxygens (including phenoxy) is 1. The number of methoxy groups -OCH3 is 1. The molecule has 8 heteroatoms. The van der Waals surface area contributed by atoms with Gasteiger partial charge in [-0.1, -0.05) is 35.5 Å². The van der Waals surface area contributed by atoms with Crippen molar-refractivity contribution in [1.82, 2.24) is 20.4 Å². The van der Waals surface area contributed by atoms with Gasteiger partial charge in [0.25, 0.3) is 5.89 Å². The van der Waals surface area contributed by atoms with Gasteiger partial charge in [0.15, 0.2) is 5.82 Å². The fourth-order valence-corrected chi connectivity index (χ4v) is 4.05. The summed E-state index contributed by atoms with van der Waals surface area (Å²) in [4.78, 5) is 19.1. The number of piperidine rings is 1. The quantitative estimate of drug-likeness (QED) is 0.599. The van der Waals surface area contributed by atoms with Gasteiger partial charge in [-0.05, 0) is 49.1 Å². The Labute approximate surface area is 186 Å². The van der Waals surface area contributed by atoms with Crippen LogP contribution in [0.15, 0.2) is 59.1 Å². The van der Waals surface area contributed by atoms with Crippen LogP contribution in [-0.4, -0.2) is 47.9 Å². The Morgan fingerprint density at radius 3 is 2.56 bits per heavy atom. The molecule has 0 unspecified atom stereocenters. The molecule has 32 heavy (non-hydrogen) atoms. The van der Waals surface area contributed by atoms with Crippen molar-refractivity contribution in [3.8, 4) is 11.5 Å². The van der Waals surface area contributed by atoms with E-state index in [0.717, 1.165) is 12.0 Å². The lowest BCUT2D eigenvalue weighted by Gasteiger charge is -2.39. The third-order valence-electron chi connectivity index (χ3n) is 6.07. The molecule has 1 aromatic heterocycles. The van der Waals surface area contributed by atoms with Crippen molar-refractivity contribution in [3.63, 3.8) is 0 Å². The number of nitrogens with zero attached hydrogens (tertiary/aromatic N) is 3. The molecule has 0 aliphatic carbocycles. The molecule has 0 radical (unpaired) electrons. The standard InChI is InChI=1S/C24H27FN4O3/c1-31-16-13-24(22-27-21(32-28-22)19-7-9-20(25)10-8-19)11-14-29(15-12-24)23(30)26-17-18-5-3-2-4-6-18/h2-10H,11-17H2,1H3,(H,26,30). The summed E-state index contributed by atoms with van der Waals surface area (Å²) in [6.07, 6.45) is 2.14. The number of likely N-dealkylation sites (tertiary alicyclic amines) is 1. The molecular formula is C24H27FN4O3. The summed E-state index contributed by atoms with van der Waals surface area (Å²) in [6.45, 7) is 2.23. The van der Waals surface area contributed by atoms with Gasteiger partial charge in [-0.2, -0.15) is 4.98 Å². The number of urea groups is 1. The van der Waals surface area contributed by atoms with Crippen LogP contribution in [0.25, 0.3) is 11.5 Å². The molecule has 2 amide bonds. The number of amides is 2. The van der Waals surface area contributed by atoms with Crippen LogP contribution in [0.5, 0.6) is 0 Å². The second-order valence-electron chi connectivity index (χ2n) is 8.08. The van der Waals surface area contributed by atoms with Crippen LogP contribution in [-0.2, 0) is 16.7 Å². The van der Waals surface area contributed by atoms with E-state index in [9.17, 15) is 9.18 Å². The van der Waals surface area contributed by atoms with E-state index >= 15 is 0 Å². The maximum Gasteiger partial charge on any atom is 0.317 e. The topological polar surface area (TPSA) is 80.5 Å². The van der Waals surface area contributed by atoms with Crippen molar-refractivity contribution in [2.75, 3.05) is 26.8 Å². The smallest absolute Gasteiger partial charge is 0.317 e. The first-order valence-electron chi connectivity index (χ1n) is 10.8. The Balaban J connectivity index is 1.43. The van der Waals surface area contributed by atoms with Gasteiger partial charge in [0.1, 0.15) is 5.82 Å². The first kappa shape index (κ1) is 22.0. The average molecular weight is 439 g/mol. The minimum Gasteiger partial charge on any atom is -0.385 e. The summed E-state index contributed by atoms with van der Waals surface area (Å²) < 4.78 is 24.1. The minimum absolute atomic E-state index is 0.0747. The third kappa shape index (κ3) is 4.96. The fraction of sp³-hybridized carbons (Fsp3) is 0.375. The number of carbonyl (C=O) groups is 1. The van der Waals surface area contributed by atoms with Crippen molar-refractivity contribution in [3.05, 3.63) is 71.8 Å². The highest BCUT2D eigenvalue weighted by Gasteiger charge is 2.41. The number of aromatic nitrogens is 2. The van der Waals surface area contributed by atoms with E-state index in [4.69, 9.17) is 9.26 Å². The fourth-order valence-electron chi connectivity index (χ4n) is 4.05. The normalized spacial score (nSPS) is 15.5. The molecule has 7 nitrogen and oxygen atoms in total. The summed E-state index contributed by atoms with van der Waals surface area (Å²) >= 11 is 0. The first-order valence-corrected chi connectivity index (χ1v) is 10.8. The molecule has 0 saturated carbocycles. The van der Waals surface area contributed by atoms with E-state index in [1.807, 2.05) is 35.2 Å². The average Bonchev–Trinajstić information content (AvgIpc) is 3.34. The summed E-state index contributed by atoms with van der Waals surface area (Å²) in [5.74, 6) is 0.654. The van der Waals surface area contributed by atoms with Crippen LogP contribution in [0.1, 0.15) is 30.7 Å². The maximum atomic E-state index is 13.2. The monoisotopic (exact) mass is 438 g/mol. The number of halogens is 1. The SMILES string of the molecule is COCCC1(c2noc(-c3ccc(F)cc3)n2)CCN(C(=O)NCc2ccccc2)CC1. The molecule has 2 heterocycles. The number of hydrogen-bond acceptors (Lipinski definition) is 5. The zero-order valence-electron chi connectivity index (χ0n) is 18.1. The van der Waals surface area contributed by atoms with Crippen molar-refractivity contribution >= 4 is 6.03 Å². The highest BCUT2D eigenvalue weighted by Crippen LogP contribution is 2.38. The van der Waals surface area contributed by atoms with Crippen LogP contribution in [0.4, 0.5) is 9.18 Å². The largest absolute Gasteiger partial charge is 0.385 e. The second kappa shape index (κ2) is 9.91. The molecule has 0 spiro atoms. The molecule has 1 saturated heterocycles. The molecule has 0 bridgehead atoms. The van der Waals surface area contributed by atoms with Gasteiger partial charge < -0.3 is 19.5 Å². The highest BCUT2D eigenvalue weighted by molar-refractivity contribution is 5.74. The minimum atomic E-state index is -0.339. The van der Waals surface area contributed by atoms with Gasteiger partial charge in [0, 0.05) is 44.3 Å². The first-order chi connectivity index (χ1) is 15.6. The van der Waals surface area contributed by atoms with Gasteiger partial charge >= 0.3 is 6.03 Å². The van der Waals surface area contributed by atoms with Gasteiger partial charge in [-0.3, -0.25) is 0 Å². The number of benzene rings is 2. The summed E-state index contributed by atoms with van der Waals surface area (Å²) in [5, 5.41) is 7.25. The number of hydrogen-bond donors (Lipinski definition) is 1. The Kier molecular flexibility index (Phi) is 6.80. The van der Waals surface area contributed by atoms with Crippen molar-refractivity contribution in [1.29, 1.82) is 0 Å². The zero-order chi connectivity index (χ0) is 22.4. The molecular weight excluding hydrogens is 411 g/mol. The highest BCUT2D eigenvalue weighted by atomic mass is 19.1. The molecule has 1 N–H and O–H groups in total. The van der Waals surface area contributed by atoms with Crippen LogP contribution in [0.2, 0.25) is 0 Å². The Morgan fingerprint density at radius 1 is 1.16 bits per heavy atom. The Bertz CT molecular complexity index is 1020. The van der Waals surface area contributed by atoms with E-state index in [-0.39, 0.29) is 17.3 Å². The van der Waals surface area contributed by atoms with Crippen molar-refractivity contribution in [2.45, 2.75) is 31.2 Å².